The van der Waals surface area contributed by atoms with Crippen molar-refractivity contribution in [3.05, 3.63) is 52.7 Å². The predicted molar refractivity (Wildman–Crippen MR) is 106 cm³/mol. The molecular weight excluding hydrogens is 436 g/mol. The minimum Gasteiger partial charge on any atom is -0.495 e. The average molecular weight is 453 g/mol. The van der Waals surface area contributed by atoms with Crippen LogP contribution in [0.15, 0.2) is 56.2 Å². The van der Waals surface area contributed by atoms with Crippen LogP contribution in [-0.4, -0.2) is 35.5 Å². The number of rotatable bonds is 5. The van der Waals surface area contributed by atoms with Crippen LogP contribution < -0.4 is 14.4 Å². The number of carbonyl (C=O) groups excluding carboxylic acids is 1. The van der Waals surface area contributed by atoms with Gasteiger partial charge in [0.05, 0.1) is 7.11 Å². The van der Waals surface area contributed by atoms with E-state index in [9.17, 15) is 13.2 Å². The lowest BCUT2D eigenvalue weighted by Gasteiger charge is -2.11. The summed E-state index contributed by atoms with van der Waals surface area (Å²) in [4.78, 5) is 14.2. The number of methoxy groups -OCH3 is 1. The fraction of sp³-hybridized carbons (Fsp3) is 0.167. The first-order chi connectivity index (χ1) is 12.7. The summed E-state index contributed by atoms with van der Waals surface area (Å²) in [6, 6.07) is 11.4. The maximum absolute atomic E-state index is 12.6. The normalized spacial score (nSPS) is 11.4. The molecular formula is C18H17BrN2O5S. The van der Waals surface area contributed by atoms with E-state index in [1.165, 1.54) is 25.3 Å². The Hall–Kier alpha value is -2.52. The maximum atomic E-state index is 12.6. The smallest absolute Gasteiger partial charge is 0.300 e. The number of sulfonamides is 1. The van der Waals surface area contributed by atoms with Gasteiger partial charge in [-0.2, -0.15) is 0 Å². The third-order valence-corrected chi connectivity index (χ3v) is 5.73. The predicted octanol–water partition coefficient (Wildman–Crippen LogP) is 3.39. The number of furan rings is 1. The van der Waals surface area contributed by atoms with Crippen LogP contribution >= 0.6 is 15.9 Å². The van der Waals surface area contributed by atoms with Crippen LogP contribution in [0, 0.1) is 0 Å². The first-order valence-electron chi connectivity index (χ1n) is 7.83. The highest BCUT2D eigenvalue weighted by molar-refractivity contribution is 9.10. The largest absolute Gasteiger partial charge is 0.495 e. The van der Waals surface area contributed by atoms with Gasteiger partial charge < -0.3 is 14.1 Å². The van der Waals surface area contributed by atoms with Crippen LogP contribution in [0.2, 0.25) is 0 Å². The zero-order chi connectivity index (χ0) is 19.8. The van der Waals surface area contributed by atoms with E-state index >= 15 is 0 Å². The Morgan fingerprint density at radius 2 is 1.89 bits per heavy atom. The maximum Gasteiger partial charge on any atom is 0.300 e. The van der Waals surface area contributed by atoms with Gasteiger partial charge >= 0.3 is 5.91 Å². The van der Waals surface area contributed by atoms with Crippen molar-refractivity contribution in [2.75, 3.05) is 26.1 Å². The van der Waals surface area contributed by atoms with Gasteiger partial charge in [0.2, 0.25) is 0 Å². The highest BCUT2D eigenvalue weighted by atomic mass is 79.9. The van der Waals surface area contributed by atoms with Gasteiger partial charge in [-0.3, -0.25) is 4.79 Å². The van der Waals surface area contributed by atoms with E-state index in [0.29, 0.717) is 15.4 Å². The lowest BCUT2D eigenvalue weighted by Crippen LogP contribution is -2.30. The summed E-state index contributed by atoms with van der Waals surface area (Å²) in [6.07, 6.45) is 0. The number of nitrogens with zero attached hydrogens (tertiary/aromatic N) is 1. The van der Waals surface area contributed by atoms with Crippen molar-refractivity contribution >= 4 is 48.5 Å². The molecule has 2 aromatic carbocycles. The molecule has 3 rings (SSSR count). The minimum absolute atomic E-state index is 0.0987. The number of hydrogen-bond acceptors (Lipinski definition) is 6. The monoisotopic (exact) mass is 452 g/mol. The number of anilines is 1. The van der Waals surface area contributed by atoms with Crippen LogP contribution in [0.3, 0.4) is 0 Å². The molecule has 7 nitrogen and oxygen atoms in total. The molecule has 0 unspecified atom stereocenters. The topological polar surface area (TPSA) is 88.8 Å². The van der Waals surface area contributed by atoms with Gasteiger partial charge in [0.25, 0.3) is 10.0 Å². The van der Waals surface area contributed by atoms with Gasteiger partial charge in [0, 0.05) is 35.7 Å². The summed E-state index contributed by atoms with van der Waals surface area (Å²) >= 11 is 3.22. The molecule has 1 N–H and O–H groups in total. The number of hydrogen-bond donors (Lipinski definition) is 1. The molecule has 1 heterocycles. The molecule has 0 radical (unpaired) electrons. The van der Waals surface area contributed by atoms with Crippen LogP contribution in [-0.2, 0) is 10.0 Å². The number of fused-ring (bicyclic) bond motifs is 1. The molecule has 0 saturated heterocycles. The number of carbonyl (C=O) groups is 1. The third kappa shape index (κ3) is 3.93. The van der Waals surface area contributed by atoms with Gasteiger partial charge in [0.15, 0.2) is 5.76 Å². The molecule has 1 amide bonds. The SMILES string of the molecule is COc1ccc(Br)cc1S(=O)(=O)NC(=O)c1cc2ccc(N(C)C)cc2o1. The van der Waals surface area contributed by atoms with Crippen LogP contribution in [0.1, 0.15) is 10.6 Å². The van der Waals surface area contributed by atoms with Crippen molar-refractivity contribution in [1.82, 2.24) is 4.72 Å². The van der Waals surface area contributed by atoms with Crippen molar-refractivity contribution in [1.29, 1.82) is 0 Å². The first-order valence-corrected chi connectivity index (χ1v) is 10.1. The lowest BCUT2D eigenvalue weighted by atomic mass is 10.2. The Morgan fingerprint density at radius 1 is 1.15 bits per heavy atom. The zero-order valence-corrected chi connectivity index (χ0v) is 17.2. The van der Waals surface area contributed by atoms with Crippen molar-refractivity contribution < 1.29 is 22.4 Å². The van der Waals surface area contributed by atoms with Gasteiger partial charge in [-0.15, -0.1) is 0 Å². The molecule has 0 saturated carbocycles. The first kappa shape index (κ1) is 19.2. The zero-order valence-electron chi connectivity index (χ0n) is 14.8. The Morgan fingerprint density at radius 3 is 2.56 bits per heavy atom. The molecule has 0 aliphatic carbocycles. The van der Waals surface area contributed by atoms with Gasteiger partial charge in [-0.05, 0) is 36.4 Å². The van der Waals surface area contributed by atoms with Crippen LogP contribution in [0.25, 0.3) is 11.0 Å². The number of halogens is 1. The second-order valence-electron chi connectivity index (χ2n) is 5.96. The fourth-order valence-electron chi connectivity index (χ4n) is 2.50. The third-order valence-electron chi connectivity index (χ3n) is 3.89. The summed E-state index contributed by atoms with van der Waals surface area (Å²) in [5.41, 5.74) is 1.39. The highest BCUT2D eigenvalue weighted by Crippen LogP contribution is 2.28. The molecule has 0 spiro atoms. The van der Waals surface area contributed by atoms with Crippen LogP contribution in [0.5, 0.6) is 5.75 Å². The van der Waals surface area contributed by atoms with E-state index in [4.69, 9.17) is 9.15 Å². The van der Waals surface area contributed by atoms with E-state index in [1.807, 2.05) is 29.8 Å². The number of ether oxygens (including phenoxy) is 1. The molecule has 1 aromatic heterocycles. The van der Waals surface area contributed by atoms with E-state index in [-0.39, 0.29) is 16.4 Å². The molecule has 27 heavy (non-hydrogen) atoms. The molecule has 0 fully saturated rings. The standard InChI is InChI=1S/C18H17BrN2O5S/c1-21(2)13-6-4-11-8-16(26-15(11)10-13)18(22)20-27(23,24)17-9-12(19)5-7-14(17)25-3/h4-10H,1-3H3,(H,20,22). The second-order valence-corrected chi connectivity index (χ2v) is 8.52. The molecule has 0 atom stereocenters. The summed E-state index contributed by atoms with van der Waals surface area (Å²) in [5.74, 6) is -0.836. The number of nitrogens with one attached hydrogen (secondary N) is 1. The molecule has 0 aliphatic heterocycles. The Balaban J connectivity index is 1.93. The summed E-state index contributed by atoms with van der Waals surface area (Å²) in [5, 5.41) is 0.697. The van der Waals surface area contributed by atoms with Crippen LogP contribution in [0.4, 0.5) is 5.69 Å². The molecule has 0 aliphatic rings. The highest BCUT2D eigenvalue weighted by Gasteiger charge is 2.25. The quantitative estimate of drug-likeness (QED) is 0.637. The molecule has 0 bridgehead atoms. The summed E-state index contributed by atoms with van der Waals surface area (Å²) < 4.78 is 38.4. The average Bonchev–Trinajstić information content (AvgIpc) is 3.04. The Labute approximate surface area is 165 Å². The Bertz CT molecular complexity index is 1120. The van der Waals surface area contributed by atoms with Crippen molar-refractivity contribution in [3.8, 4) is 5.75 Å². The molecule has 3 aromatic rings. The summed E-state index contributed by atoms with van der Waals surface area (Å²) in [6.45, 7) is 0. The van der Waals surface area contributed by atoms with E-state index in [2.05, 4.69) is 15.9 Å². The minimum atomic E-state index is -4.15. The van der Waals surface area contributed by atoms with Crippen molar-refractivity contribution in [2.24, 2.45) is 0 Å². The van der Waals surface area contributed by atoms with Gasteiger partial charge in [-0.25, -0.2) is 13.1 Å². The van der Waals surface area contributed by atoms with E-state index in [1.54, 1.807) is 18.2 Å². The number of amides is 1. The fourth-order valence-corrected chi connectivity index (χ4v) is 4.16. The number of benzene rings is 2. The van der Waals surface area contributed by atoms with E-state index < -0.39 is 15.9 Å². The van der Waals surface area contributed by atoms with Gasteiger partial charge in [0.1, 0.15) is 16.2 Å². The summed E-state index contributed by atoms with van der Waals surface area (Å²) in [7, 11) is 0.967. The van der Waals surface area contributed by atoms with E-state index in [0.717, 1.165) is 5.69 Å². The van der Waals surface area contributed by atoms with Crippen molar-refractivity contribution in [2.45, 2.75) is 4.90 Å². The molecule has 9 heteroatoms. The Kier molecular flexibility index (Phi) is 5.16. The lowest BCUT2D eigenvalue weighted by molar-refractivity contribution is 0.0956. The second kappa shape index (κ2) is 7.24. The molecule has 142 valence electrons. The van der Waals surface area contributed by atoms with Gasteiger partial charge in [-0.1, -0.05) is 15.9 Å². The van der Waals surface area contributed by atoms with Crippen molar-refractivity contribution in [3.63, 3.8) is 0 Å².